The van der Waals surface area contributed by atoms with Crippen LogP contribution in [0, 0.1) is 0 Å². The molecule has 1 saturated heterocycles. The zero-order valence-electron chi connectivity index (χ0n) is 22.2. The number of aromatic nitrogens is 7. The highest BCUT2D eigenvalue weighted by molar-refractivity contribution is 5.74. The monoisotopic (exact) mass is 552 g/mol. The molecule has 2 atom stereocenters. The van der Waals surface area contributed by atoms with E-state index in [9.17, 15) is 13.2 Å². The molecule has 6 heterocycles. The summed E-state index contributed by atoms with van der Waals surface area (Å²) in [5.41, 5.74) is 4.38. The number of hydrogen-bond acceptors (Lipinski definition) is 8. The zero-order chi connectivity index (χ0) is 27.8. The van der Waals surface area contributed by atoms with Gasteiger partial charge in [0.2, 0.25) is 11.8 Å². The highest BCUT2D eigenvalue weighted by Crippen LogP contribution is 2.52. The molecule has 13 heteroatoms. The maximum Gasteiger partial charge on any atom is 0.435 e. The standard InChI is InChI=1S/C27H27F3N8O2/c1-36-18-10-15-6-8-17(22(18)25(35-36)23-24(14-4-5-14)32-13-33-26(23)40-3)37(15)20-9-7-16(12-31-20)38-21(39-2)11-19(34-38)27(28,29)30/h7,9,11-15,17H,4-6,8,10H2,1-3H3. The highest BCUT2D eigenvalue weighted by Gasteiger charge is 2.45. The normalized spacial score (nSPS) is 20.1. The van der Waals surface area contributed by atoms with Crippen molar-refractivity contribution in [3.8, 4) is 28.7 Å². The molecule has 3 aliphatic rings. The van der Waals surface area contributed by atoms with Crippen molar-refractivity contribution in [1.82, 2.24) is 34.5 Å². The highest BCUT2D eigenvalue weighted by atomic mass is 19.4. The van der Waals surface area contributed by atoms with Crippen LogP contribution in [0.15, 0.2) is 30.7 Å². The predicted molar refractivity (Wildman–Crippen MR) is 138 cm³/mol. The van der Waals surface area contributed by atoms with Crippen molar-refractivity contribution in [1.29, 1.82) is 0 Å². The van der Waals surface area contributed by atoms with Gasteiger partial charge in [0, 0.05) is 42.8 Å². The lowest BCUT2D eigenvalue weighted by atomic mass is 9.93. The molecule has 1 saturated carbocycles. The van der Waals surface area contributed by atoms with Crippen LogP contribution < -0.4 is 14.4 Å². The van der Waals surface area contributed by atoms with Crippen LogP contribution in [0.4, 0.5) is 19.0 Å². The zero-order valence-corrected chi connectivity index (χ0v) is 22.2. The average Bonchev–Trinajstić information content (AvgIpc) is 3.51. The molecule has 0 radical (unpaired) electrons. The van der Waals surface area contributed by atoms with Gasteiger partial charge in [-0.3, -0.25) is 4.68 Å². The van der Waals surface area contributed by atoms with Crippen LogP contribution >= 0.6 is 0 Å². The minimum Gasteiger partial charge on any atom is -0.481 e. The molecule has 40 heavy (non-hydrogen) atoms. The van der Waals surface area contributed by atoms with Crippen molar-refractivity contribution in [3.05, 3.63) is 53.4 Å². The fourth-order valence-electron chi connectivity index (χ4n) is 6.20. The number of ether oxygens (including phenoxy) is 2. The molecule has 208 valence electrons. The van der Waals surface area contributed by atoms with Gasteiger partial charge in [0.25, 0.3) is 0 Å². The molecule has 0 N–H and O–H groups in total. The molecule has 10 nitrogen and oxygen atoms in total. The Balaban J connectivity index is 1.27. The van der Waals surface area contributed by atoms with Gasteiger partial charge in [-0.15, -0.1) is 0 Å². The number of pyridine rings is 1. The largest absolute Gasteiger partial charge is 0.481 e. The lowest BCUT2D eigenvalue weighted by molar-refractivity contribution is -0.141. The molecule has 2 aliphatic heterocycles. The van der Waals surface area contributed by atoms with E-state index in [1.807, 2.05) is 17.8 Å². The molecule has 0 aromatic carbocycles. The Morgan fingerprint density at radius 2 is 1.80 bits per heavy atom. The first-order valence-corrected chi connectivity index (χ1v) is 13.2. The smallest absolute Gasteiger partial charge is 0.435 e. The fraction of sp³-hybridized carbons (Fsp3) is 0.444. The van der Waals surface area contributed by atoms with Crippen LogP contribution in [0.25, 0.3) is 16.9 Å². The summed E-state index contributed by atoms with van der Waals surface area (Å²) in [4.78, 5) is 16.1. The van der Waals surface area contributed by atoms with E-state index in [0.717, 1.165) is 71.2 Å². The molecule has 2 fully saturated rings. The molecule has 0 amide bonds. The minimum absolute atomic E-state index is 0.0185. The Morgan fingerprint density at radius 1 is 0.975 bits per heavy atom. The number of rotatable bonds is 6. The molecular weight excluding hydrogens is 525 g/mol. The first kappa shape index (κ1) is 24.9. The van der Waals surface area contributed by atoms with Gasteiger partial charge in [-0.05, 0) is 37.8 Å². The Bertz CT molecular complexity index is 1590. The Kier molecular flexibility index (Phi) is 5.55. The summed E-state index contributed by atoms with van der Waals surface area (Å²) in [6, 6.07) is 4.69. The fourth-order valence-corrected chi connectivity index (χ4v) is 6.20. The minimum atomic E-state index is -4.58. The van der Waals surface area contributed by atoms with Gasteiger partial charge in [0.15, 0.2) is 5.69 Å². The maximum absolute atomic E-state index is 13.3. The van der Waals surface area contributed by atoms with Crippen molar-refractivity contribution >= 4 is 5.82 Å². The Morgan fingerprint density at radius 3 is 2.48 bits per heavy atom. The van der Waals surface area contributed by atoms with Crippen molar-refractivity contribution in [2.45, 2.75) is 56.3 Å². The van der Waals surface area contributed by atoms with E-state index in [2.05, 4.69) is 25.0 Å². The first-order valence-electron chi connectivity index (χ1n) is 13.2. The van der Waals surface area contributed by atoms with Crippen molar-refractivity contribution < 1.29 is 22.6 Å². The maximum atomic E-state index is 13.3. The number of anilines is 1. The summed E-state index contributed by atoms with van der Waals surface area (Å²) in [5.74, 6) is 1.64. The van der Waals surface area contributed by atoms with Crippen LogP contribution in [0.3, 0.4) is 0 Å². The summed E-state index contributed by atoms with van der Waals surface area (Å²) in [6.45, 7) is 0. The predicted octanol–water partition coefficient (Wildman–Crippen LogP) is 4.64. The third kappa shape index (κ3) is 3.81. The van der Waals surface area contributed by atoms with E-state index in [1.54, 1.807) is 19.5 Å². The van der Waals surface area contributed by atoms with Gasteiger partial charge in [0.05, 0.1) is 43.4 Å². The van der Waals surface area contributed by atoms with E-state index in [1.165, 1.54) is 19.0 Å². The van der Waals surface area contributed by atoms with Gasteiger partial charge >= 0.3 is 6.18 Å². The van der Waals surface area contributed by atoms with E-state index in [4.69, 9.17) is 14.6 Å². The summed E-state index contributed by atoms with van der Waals surface area (Å²) in [6.07, 6.45) is 3.39. The van der Waals surface area contributed by atoms with Gasteiger partial charge in [-0.2, -0.15) is 28.1 Å². The van der Waals surface area contributed by atoms with Crippen molar-refractivity contribution in [3.63, 3.8) is 0 Å². The van der Waals surface area contributed by atoms with Gasteiger partial charge in [0.1, 0.15) is 17.8 Å². The quantitative estimate of drug-likeness (QED) is 0.342. The topological polar surface area (TPSA) is 96.0 Å². The number of aryl methyl sites for hydroxylation is 1. The van der Waals surface area contributed by atoms with Gasteiger partial charge < -0.3 is 14.4 Å². The molecular formula is C27H27F3N8O2. The Hall–Kier alpha value is -4.16. The second-order valence-electron chi connectivity index (χ2n) is 10.5. The third-order valence-corrected chi connectivity index (χ3v) is 8.12. The summed E-state index contributed by atoms with van der Waals surface area (Å²) in [5, 5.41) is 8.68. The van der Waals surface area contributed by atoms with Crippen LogP contribution in [-0.4, -0.2) is 54.8 Å². The van der Waals surface area contributed by atoms with Gasteiger partial charge in [-0.25, -0.2) is 15.0 Å². The number of fused-ring (bicyclic) bond motifs is 4. The van der Waals surface area contributed by atoms with E-state index in [-0.39, 0.29) is 18.0 Å². The van der Waals surface area contributed by atoms with Crippen LogP contribution in [-0.2, 0) is 19.6 Å². The molecule has 4 aromatic heterocycles. The second-order valence-corrected chi connectivity index (χ2v) is 10.5. The molecule has 2 bridgehead atoms. The van der Waals surface area contributed by atoms with Crippen molar-refractivity contribution in [2.24, 2.45) is 7.05 Å². The van der Waals surface area contributed by atoms with Crippen LogP contribution in [0.5, 0.6) is 11.8 Å². The number of hydrogen-bond donors (Lipinski definition) is 0. The van der Waals surface area contributed by atoms with Gasteiger partial charge in [-0.1, -0.05) is 0 Å². The molecule has 4 aromatic rings. The van der Waals surface area contributed by atoms with Crippen LogP contribution in [0.2, 0.25) is 0 Å². The molecule has 1 aliphatic carbocycles. The lowest BCUT2D eigenvalue weighted by Crippen LogP contribution is -2.38. The van der Waals surface area contributed by atoms with E-state index in [0.29, 0.717) is 17.5 Å². The van der Waals surface area contributed by atoms with E-state index < -0.39 is 11.9 Å². The van der Waals surface area contributed by atoms with Crippen LogP contribution in [0.1, 0.15) is 60.3 Å². The first-order chi connectivity index (χ1) is 19.3. The van der Waals surface area contributed by atoms with Crippen molar-refractivity contribution in [2.75, 3.05) is 19.1 Å². The molecule has 2 unspecified atom stereocenters. The number of alkyl halides is 3. The number of halogens is 3. The molecule has 7 rings (SSSR count). The third-order valence-electron chi connectivity index (χ3n) is 8.12. The lowest BCUT2D eigenvalue weighted by Gasteiger charge is -2.36. The number of methoxy groups -OCH3 is 2. The summed E-state index contributed by atoms with van der Waals surface area (Å²) in [7, 11) is 4.91. The van der Waals surface area contributed by atoms with E-state index >= 15 is 0 Å². The average molecular weight is 553 g/mol. The summed E-state index contributed by atoms with van der Waals surface area (Å²) >= 11 is 0. The second kappa shape index (κ2) is 8.93. The number of nitrogens with zero attached hydrogens (tertiary/aromatic N) is 8. The Labute approximate surface area is 227 Å². The summed E-state index contributed by atoms with van der Waals surface area (Å²) < 4.78 is 53.7. The molecule has 0 spiro atoms. The SMILES string of the molecule is COc1ncnc(C2CC2)c1-c1nn(C)c2c1C1CCC(C2)N1c1ccc(-n2nc(C(F)(F)F)cc2OC)cn1.